The van der Waals surface area contributed by atoms with E-state index < -0.39 is 100.0 Å². The van der Waals surface area contributed by atoms with E-state index in [0.717, 1.165) is 0 Å². The van der Waals surface area contributed by atoms with Crippen LogP contribution >= 0.6 is 0 Å². The minimum atomic E-state index is -9.71. The SMILES string of the molecule is Oc1c(F)c(F)c(C(F)(F)C(F)(F)C(F)(F)C(F)(F)C(F)(F)C(F)(F)C(F)(F)C(F)(F)C(F)(F)C(F)(F)C(F)(F)F)c(F)c1F. The molecule has 0 saturated carbocycles. The van der Waals surface area contributed by atoms with Crippen LogP contribution in [-0.4, -0.2) is 64.6 Å². The molecule has 45 heavy (non-hydrogen) atoms. The molecule has 1 rings (SSSR count). The van der Waals surface area contributed by atoms with Crippen LogP contribution in [0.15, 0.2) is 0 Å². The van der Waals surface area contributed by atoms with Crippen LogP contribution in [0.1, 0.15) is 5.56 Å². The number of phenols is 1. The van der Waals surface area contributed by atoms with Gasteiger partial charge in [0.15, 0.2) is 17.4 Å². The second-order valence-corrected chi connectivity index (χ2v) is 8.22. The van der Waals surface area contributed by atoms with Gasteiger partial charge >= 0.3 is 65.4 Å². The number of phenolic OH excluding ortho intramolecular Hbond substituents is 1. The van der Waals surface area contributed by atoms with Crippen molar-refractivity contribution in [3.63, 3.8) is 0 Å². The zero-order chi connectivity index (χ0) is 37.0. The summed E-state index contributed by atoms with van der Waals surface area (Å²) in [5, 5.41) is 8.53. The zero-order valence-corrected chi connectivity index (χ0v) is 19.2. The molecule has 0 spiro atoms. The van der Waals surface area contributed by atoms with Gasteiger partial charge in [0.1, 0.15) is 5.56 Å². The molecule has 0 heterocycles. The second kappa shape index (κ2) is 10.1. The lowest BCUT2D eigenvalue weighted by Crippen LogP contribution is -2.77. The van der Waals surface area contributed by atoms with E-state index in [1.54, 1.807) is 0 Å². The van der Waals surface area contributed by atoms with Crippen LogP contribution in [0.2, 0.25) is 0 Å². The lowest BCUT2D eigenvalue weighted by atomic mass is 9.84. The quantitative estimate of drug-likeness (QED) is 0.188. The topological polar surface area (TPSA) is 20.2 Å². The average molecular weight is 734 g/mol. The molecule has 0 fully saturated rings. The second-order valence-electron chi connectivity index (χ2n) is 8.22. The smallest absolute Gasteiger partial charge is 0.460 e. The summed E-state index contributed by atoms with van der Waals surface area (Å²) in [7, 11) is 0. The average Bonchev–Trinajstić information content (AvgIpc) is 2.84. The molecular weight excluding hydrogens is 733 g/mol. The highest BCUT2D eigenvalue weighted by Gasteiger charge is 2.99. The maximum absolute atomic E-state index is 14.0. The summed E-state index contributed by atoms with van der Waals surface area (Å²) >= 11 is 0. The molecular formula is C17HF27O. The van der Waals surface area contributed by atoms with Crippen molar-refractivity contribution in [3.8, 4) is 5.75 Å². The monoisotopic (exact) mass is 734 g/mol. The molecule has 264 valence electrons. The van der Waals surface area contributed by atoms with Crippen molar-refractivity contribution < 1.29 is 124 Å². The molecule has 0 radical (unpaired) electrons. The van der Waals surface area contributed by atoms with Gasteiger partial charge in [-0.2, -0.15) is 110 Å². The highest BCUT2D eigenvalue weighted by Crippen LogP contribution is 2.67. The molecule has 0 aliphatic carbocycles. The van der Waals surface area contributed by atoms with Crippen LogP contribution in [0.3, 0.4) is 0 Å². The number of halogens is 27. The van der Waals surface area contributed by atoms with Gasteiger partial charge < -0.3 is 5.11 Å². The number of hydrogen-bond acceptors (Lipinski definition) is 1. The first kappa shape index (κ1) is 40.2. The Morgan fingerprint density at radius 1 is 0.289 bits per heavy atom. The molecule has 1 aromatic rings. The summed E-state index contributed by atoms with van der Waals surface area (Å²) in [6.45, 7) is 0. The highest BCUT2D eigenvalue weighted by molar-refractivity contribution is 5.37. The third-order valence-corrected chi connectivity index (χ3v) is 5.46. The number of hydrogen-bond donors (Lipinski definition) is 1. The van der Waals surface area contributed by atoms with Crippen molar-refractivity contribution in [2.24, 2.45) is 0 Å². The van der Waals surface area contributed by atoms with E-state index in [-0.39, 0.29) is 0 Å². The minimum absolute atomic E-state index is 3.10. The maximum Gasteiger partial charge on any atom is 0.460 e. The predicted octanol–water partition coefficient (Wildman–Crippen LogP) is 9.32. The van der Waals surface area contributed by atoms with Crippen molar-refractivity contribution in [3.05, 3.63) is 28.8 Å². The van der Waals surface area contributed by atoms with E-state index in [1.165, 1.54) is 0 Å². The first-order valence-corrected chi connectivity index (χ1v) is 9.58. The zero-order valence-electron chi connectivity index (χ0n) is 19.2. The Morgan fingerprint density at radius 3 is 0.711 bits per heavy atom. The van der Waals surface area contributed by atoms with Crippen molar-refractivity contribution in [2.45, 2.75) is 65.4 Å². The van der Waals surface area contributed by atoms with Crippen molar-refractivity contribution >= 4 is 0 Å². The molecule has 28 heteroatoms. The summed E-state index contributed by atoms with van der Waals surface area (Å²) in [6.07, 6.45) is -8.23. The molecule has 0 aliphatic rings. The molecule has 0 atom stereocenters. The summed E-state index contributed by atoms with van der Waals surface area (Å²) < 4.78 is 361. The lowest BCUT2D eigenvalue weighted by molar-refractivity contribution is -0.479. The summed E-state index contributed by atoms with van der Waals surface area (Å²) in [4.78, 5) is 0. The Hall–Kier alpha value is -2.87. The van der Waals surface area contributed by atoms with Gasteiger partial charge in [0, 0.05) is 0 Å². The van der Waals surface area contributed by atoms with E-state index in [2.05, 4.69) is 0 Å². The van der Waals surface area contributed by atoms with E-state index in [1.807, 2.05) is 0 Å². The van der Waals surface area contributed by atoms with Gasteiger partial charge in [0.2, 0.25) is 11.6 Å². The summed E-state index contributed by atoms with van der Waals surface area (Å²) in [6, 6.07) is 0. The molecule has 1 nitrogen and oxygen atoms in total. The lowest BCUT2D eigenvalue weighted by Gasteiger charge is -2.45. The largest absolute Gasteiger partial charge is 0.503 e. The number of alkyl halides is 23. The van der Waals surface area contributed by atoms with E-state index in [4.69, 9.17) is 5.11 Å². The Kier molecular flexibility index (Phi) is 8.98. The molecule has 0 unspecified atom stereocenters. The van der Waals surface area contributed by atoms with Gasteiger partial charge in [-0.1, -0.05) is 0 Å². The summed E-state index contributed by atoms with van der Waals surface area (Å²) in [5.74, 6) is -111. The van der Waals surface area contributed by atoms with Gasteiger partial charge in [0.05, 0.1) is 0 Å². The number of rotatable bonds is 10. The van der Waals surface area contributed by atoms with Crippen LogP contribution < -0.4 is 0 Å². The third-order valence-electron chi connectivity index (χ3n) is 5.46. The van der Waals surface area contributed by atoms with Crippen LogP contribution in [0.25, 0.3) is 0 Å². The standard InChI is InChI=1S/C17HF27O/c18-2-1(3(19)5(21)6(45)4(2)20)7(22,23)8(24,25)9(26,27)10(28,29)11(30,31)12(32,33)13(34,35)14(36,37)15(38,39)16(40,41)17(42,43)44/h45H. The van der Waals surface area contributed by atoms with Crippen molar-refractivity contribution in [1.29, 1.82) is 0 Å². The Balaban J connectivity index is 4.04. The highest BCUT2D eigenvalue weighted by atomic mass is 19.4. The van der Waals surface area contributed by atoms with Crippen LogP contribution in [-0.2, 0) is 5.92 Å². The van der Waals surface area contributed by atoms with Crippen LogP contribution in [0.4, 0.5) is 119 Å². The fourth-order valence-electron chi connectivity index (χ4n) is 2.81. The van der Waals surface area contributed by atoms with Gasteiger partial charge in [-0.15, -0.1) is 0 Å². The van der Waals surface area contributed by atoms with E-state index in [0.29, 0.717) is 0 Å². The van der Waals surface area contributed by atoms with E-state index >= 15 is 0 Å². The van der Waals surface area contributed by atoms with Crippen molar-refractivity contribution in [2.75, 3.05) is 0 Å². The Morgan fingerprint density at radius 2 is 0.489 bits per heavy atom. The third kappa shape index (κ3) is 4.59. The predicted molar refractivity (Wildman–Crippen MR) is 82.4 cm³/mol. The van der Waals surface area contributed by atoms with Crippen LogP contribution in [0.5, 0.6) is 5.75 Å². The molecule has 0 saturated heterocycles. The molecule has 0 aromatic heterocycles. The van der Waals surface area contributed by atoms with Gasteiger partial charge in [-0.25, -0.2) is 8.78 Å². The molecule has 0 aliphatic heterocycles. The minimum Gasteiger partial charge on any atom is -0.503 e. The Bertz CT molecular complexity index is 1270. The Labute approximate surface area is 225 Å². The van der Waals surface area contributed by atoms with E-state index in [9.17, 15) is 119 Å². The van der Waals surface area contributed by atoms with Crippen molar-refractivity contribution in [1.82, 2.24) is 0 Å². The number of aromatic hydroxyl groups is 1. The van der Waals surface area contributed by atoms with Gasteiger partial charge in [-0.3, -0.25) is 0 Å². The summed E-state index contributed by atoms with van der Waals surface area (Å²) in [5.41, 5.74) is -4.57. The fraction of sp³-hybridized carbons (Fsp3) is 0.647. The van der Waals surface area contributed by atoms with Crippen LogP contribution in [0, 0.1) is 23.3 Å². The number of benzene rings is 1. The fourth-order valence-corrected chi connectivity index (χ4v) is 2.81. The molecule has 1 N–H and O–H groups in total. The van der Waals surface area contributed by atoms with Gasteiger partial charge in [0.25, 0.3) is 0 Å². The first-order chi connectivity index (χ1) is 19.2. The first-order valence-electron chi connectivity index (χ1n) is 9.58. The molecule has 1 aromatic carbocycles. The molecule has 0 bridgehead atoms. The molecule has 0 amide bonds. The maximum atomic E-state index is 14.0. The van der Waals surface area contributed by atoms with Gasteiger partial charge in [-0.05, 0) is 0 Å². The normalized spacial score (nSPS) is 16.0.